The molecule has 0 radical (unpaired) electrons. The van der Waals surface area contributed by atoms with E-state index in [0.717, 1.165) is 60.2 Å². The summed E-state index contributed by atoms with van der Waals surface area (Å²) in [6.45, 7) is 7.07. The van der Waals surface area contributed by atoms with E-state index in [0.29, 0.717) is 12.6 Å². The maximum atomic E-state index is 13.8. The molecule has 0 spiro atoms. The van der Waals surface area contributed by atoms with E-state index < -0.39 is 5.95 Å². The predicted octanol–water partition coefficient (Wildman–Crippen LogP) is 3.20. The lowest BCUT2D eigenvalue weighted by Crippen LogP contribution is -2.43. The normalized spacial score (nSPS) is 17.2. The number of fused-ring (bicyclic) bond motifs is 3. The van der Waals surface area contributed by atoms with Crippen molar-refractivity contribution in [2.45, 2.75) is 26.1 Å². The molecule has 1 aliphatic heterocycles. The monoisotopic (exact) mass is 357 g/mol. The molecule has 1 aliphatic rings. The van der Waals surface area contributed by atoms with Crippen molar-refractivity contribution in [3.8, 4) is 0 Å². The van der Waals surface area contributed by atoms with Gasteiger partial charge in [0.1, 0.15) is 0 Å². The van der Waals surface area contributed by atoms with E-state index in [1.54, 1.807) is 13.3 Å². The van der Waals surface area contributed by atoms with Crippen LogP contribution in [0.4, 0.5) is 4.39 Å². The molecule has 5 nitrogen and oxygen atoms in total. The smallest absolute Gasteiger partial charge is 0.213 e. The first-order valence-electron chi connectivity index (χ1n) is 9.04. The lowest BCUT2D eigenvalue weighted by Gasteiger charge is -2.32. The molecule has 1 saturated heterocycles. The van der Waals surface area contributed by atoms with Crippen LogP contribution in [-0.4, -0.2) is 53.9 Å². The summed E-state index contributed by atoms with van der Waals surface area (Å²) in [6, 6.07) is 8.13. The van der Waals surface area contributed by atoms with E-state index in [2.05, 4.69) is 33.5 Å². The van der Waals surface area contributed by atoms with Gasteiger partial charge in [-0.15, -0.1) is 0 Å². The summed E-state index contributed by atoms with van der Waals surface area (Å²) in [4.78, 5) is 6.34. The van der Waals surface area contributed by atoms with Crippen molar-refractivity contribution in [3.63, 3.8) is 0 Å². The van der Waals surface area contributed by atoms with E-state index in [1.165, 1.54) is 6.07 Å². The van der Waals surface area contributed by atoms with Crippen LogP contribution in [0.5, 0.6) is 0 Å². The molecule has 138 valence electrons. The van der Waals surface area contributed by atoms with Crippen LogP contribution in [0.2, 0.25) is 0 Å². The zero-order chi connectivity index (χ0) is 18.1. The standard InChI is InChI=1S/C20H24FN3O2/c1-14(23-5-7-26-8-6-23)12-24-18-9-15(13-25-2)3-4-16(18)17-10-20(21)22-11-19(17)24/h3-4,9-11,14H,5-8,12-13H2,1-2H3. The SMILES string of the molecule is COCc1ccc2c3cc(F)ncc3n(CC(C)N3CCOCC3)c2c1. The van der Waals surface area contributed by atoms with Crippen molar-refractivity contribution >= 4 is 21.8 Å². The second-order valence-electron chi connectivity index (χ2n) is 6.92. The Morgan fingerprint density at radius 1 is 1.19 bits per heavy atom. The summed E-state index contributed by atoms with van der Waals surface area (Å²) in [6.07, 6.45) is 1.65. The van der Waals surface area contributed by atoms with Gasteiger partial charge in [-0.05, 0) is 18.6 Å². The Labute approximate surface area is 152 Å². The van der Waals surface area contributed by atoms with Crippen LogP contribution in [0, 0.1) is 5.95 Å². The first-order chi connectivity index (χ1) is 12.7. The molecule has 0 amide bonds. The van der Waals surface area contributed by atoms with Gasteiger partial charge in [-0.1, -0.05) is 12.1 Å². The Morgan fingerprint density at radius 2 is 2.00 bits per heavy atom. The van der Waals surface area contributed by atoms with Crippen molar-refractivity contribution in [3.05, 3.63) is 42.0 Å². The number of pyridine rings is 1. The molecule has 3 aromatic rings. The Kier molecular flexibility index (Phi) is 4.89. The van der Waals surface area contributed by atoms with Gasteiger partial charge in [-0.3, -0.25) is 4.90 Å². The zero-order valence-electron chi connectivity index (χ0n) is 15.2. The van der Waals surface area contributed by atoms with Crippen LogP contribution in [0.25, 0.3) is 21.8 Å². The fraction of sp³-hybridized carbons (Fsp3) is 0.450. The molecule has 6 heteroatoms. The Hall–Kier alpha value is -2.02. The molecule has 3 heterocycles. The summed E-state index contributed by atoms with van der Waals surface area (Å²) >= 11 is 0. The Morgan fingerprint density at radius 3 is 2.77 bits per heavy atom. The zero-order valence-corrected chi connectivity index (χ0v) is 15.2. The molecule has 1 atom stereocenters. The number of rotatable bonds is 5. The molecule has 0 aliphatic carbocycles. The fourth-order valence-corrected chi connectivity index (χ4v) is 3.86. The van der Waals surface area contributed by atoms with Crippen molar-refractivity contribution in [1.82, 2.24) is 14.5 Å². The predicted molar refractivity (Wildman–Crippen MR) is 99.8 cm³/mol. The molecule has 26 heavy (non-hydrogen) atoms. The summed E-state index contributed by atoms with van der Waals surface area (Å²) < 4.78 is 26.8. The average molecular weight is 357 g/mol. The maximum Gasteiger partial charge on any atom is 0.213 e. The van der Waals surface area contributed by atoms with Gasteiger partial charge < -0.3 is 14.0 Å². The molecule has 4 rings (SSSR count). The van der Waals surface area contributed by atoms with Gasteiger partial charge in [-0.25, -0.2) is 4.98 Å². The average Bonchev–Trinajstić information content (AvgIpc) is 2.95. The fourth-order valence-electron chi connectivity index (χ4n) is 3.86. The van der Waals surface area contributed by atoms with Crippen LogP contribution >= 0.6 is 0 Å². The van der Waals surface area contributed by atoms with Crippen molar-refractivity contribution < 1.29 is 13.9 Å². The van der Waals surface area contributed by atoms with E-state index in [9.17, 15) is 4.39 Å². The van der Waals surface area contributed by atoms with E-state index in [1.807, 2.05) is 6.07 Å². The van der Waals surface area contributed by atoms with E-state index in [4.69, 9.17) is 9.47 Å². The van der Waals surface area contributed by atoms with Crippen molar-refractivity contribution in [2.75, 3.05) is 33.4 Å². The summed E-state index contributed by atoms with van der Waals surface area (Å²) in [5.41, 5.74) is 3.18. The molecule has 0 saturated carbocycles. The summed E-state index contributed by atoms with van der Waals surface area (Å²) in [5, 5.41) is 1.96. The minimum atomic E-state index is -0.446. The highest BCUT2D eigenvalue weighted by Crippen LogP contribution is 2.30. The molecule has 1 fully saturated rings. The second-order valence-corrected chi connectivity index (χ2v) is 6.92. The van der Waals surface area contributed by atoms with Crippen LogP contribution in [0.1, 0.15) is 12.5 Å². The van der Waals surface area contributed by atoms with Gasteiger partial charge in [0.2, 0.25) is 5.95 Å². The number of hydrogen-bond acceptors (Lipinski definition) is 4. The first-order valence-corrected chi connectivity index (χ1v) is 9.04. The molecular weight excluding hydrogens is 333 g/mol. The summed E-state index contributed by atoms with van der Waals surface area (Å²) in [5.74, 6) is -0.446. The van der Waals surface area contributed by atoms with Crippen molar-refractivity contribution in [2.24, 2.45) is 0 Å². The molecule has 2 aromatic heterocycles. The van der Waals surface area contributed by atoms with E-state index in [-0.39, 0.29) is 0 Å². The number of benzene rings is 1. The maximum absolute atomic E-state index is 13.8. The molecular formula is C20H24FN3O2. The lowest BCUT2D eigenvalue weighted by molar-refractivity contribution is 0.0174. The van der Waals surface area contributed by atoms with Crippen molar-refractivity contribution in [1.29, 1.82) is 0 Å². The second kappa shape index (κ2) is 7.31. The number of hydrogen-bond donors (Lipinski definition) is 0. The quantitative estimate of drug-likeness (QED) is 0.658. The number of nitrogens with zero attached hydrogens (tertiary/aromatic N) is 3. The van der Waals surface area contributed by atoms with Crippen LogP contribution in [0.3, 0.4) is 0 Å². The van der Waals surface area contributed by atoms with Gasteiger partial charge in [0.15, 0.2) is 0 Å². The highest BCUT2D eigenvalue weighted by Gasteiger charge is 2.20. The highest BCUT2D eigenvalue weighted by molar-refractivity contribution is 6.07. The van der Waals surface area contributed by atoms with Crippen LogP contribution in [0.15, 0.2) is 30.5 Å². The number of methoxy groups -OCH3 is 1. The van der Waals surface area contributed by atoms with E-state index >= 15 is 0 Å². The third-order valence-electron chi connectivity index (χ3n) is 5.21. The third-order valence-corrected chi connectivity index (χ3v) is 5.21. The van der Waals surface area contributed by atoms with Crippen LogP contribution < -0.4 is 0 Å². The van der Waals surface area contributed by atoms with Gasteiger partial charge in [0.05, 0.1) is 31.5 Å². The van der Waals surface area contributed by atoms with Gasteiger partial charge in [0.25, 0.3) is 0 Å². The first kappa shape index (κ1) is 17.4. The Balaban J connectivity index is 1.80. The number of halogens is 1. The molecule has 1 aromatic carbocycles. The van der Waals surface area contributed by atoms with Crippen LogP contribution in [-0.2, 0) is 22.6 Å². The van der Waals surface area contributed by atoms with Gasteiger partial charge in [-0.2, -0.15) is 4.39 Å². The third kappa shape index (κ3) is 3.20. The van der Waals surface area contributed by atoms with Gasteiger partial charge >= 0.3 is 0 Å². The topological polar surface area (TPSA) is 39.5 Å². The minimum Gasteiger partial charge on any atom is -0.380 e. The molecule has 0 N–H and O–H groups in total. The largest absolute Gasteiger partial charge is 0.380 e. The molecule has 1 unspecified atom stereocenters. The number of morpholine rings is 1. The number of aromatic nitrogens is 2. The summed E-state index contributed by atoms with van der Waals surface area (Å²) in [7, 11) is 1.69. The highest BCUT2D eigenvalue weighted by atomic mass is 19.1. The Bertz CT molecular complexity index is 918. The lowest BCUT2D eigenvalue weighted by atomic mass is 10.1. The van der Waals surface area contributed by atoms with Gasteiger partial charge in [0, 0.05) is 55.1 Å². The number of ether oxygens (including phenoxy) is 2. The molecule has 0 bridgehead atoms. The minimum absolute atomic E-state index is 0.355.